The molecule has 2 amide bonds. The van der Waals surface area contributed by atoms with Gasteiger partial charge in [-0.25, -0.2) is 0 Å². The Hall–Kier alpha value is -4.18. The molecular formula is C34H36N2O2. The summed E-state index contributed by atoms with van der Waals surface area (Å²) in [5.41, 5.74) is 8.00. The molecular weight excluding hydrogens is 468 g/mol. The molecule has 4 rings (SSSR count). The molecule has 0 N–H and O–H groups in total. The van der Waals surface area contributed by atoms with E-state index in [0.717, 1.165) is 45.0 Å². The number of carbonyl (C=O) groups is 2. The van der Waals surface area contributed by atoms with Gasteiger partial charge in [-0.3, -0.25) is 19.4 Å². The molecule has 0 saturated carbocycles. The largest absolute Gasteiger partial charge is 0.281 e. The van der Waals surface area contributed by atoms with Crippen molar-refractivity contribution in [1.82, 2.24) is 0 Å². The van der Waals surface area contributed by atoms with E-state index in [-0.39, 0.29) is 11.8 Å². The molecule has 0 heterocycles. The highest BCUT2D eigenvalue weighted by Gasteiger charge is 2.20. The van der Waals surface area contributed by atoms with Crippen molar-refractivity contribution in [3.05, 3.63) is 119 Å². The third-order valence-corrected chi connectivity index (χ3v) is 6.70. The van der Waals surface area contributed by atoms with Gasteiger partial charge in [0.25, 0.3) is 0 Å². The smallest absolute Gasteiger partial charge is 0.231 e. The topological polar surface area (TPSA) is 40.6 Å². The quantitative estimate of drug-likeness (QED) is 0.214. The van der Waals surface area contributed by atoms with Crippen molar-refractivity contribution in [2.24, 2.45) is 0 Å². The molecule has 0 aliphatic carbocycles. The summed E-state index contributed by atoms with van der Waals surface area (Å²) in [4.78, 5) is 30.4. The second-order valence-electron chi connectivity index (χ2n) is 10.0. The summed E-state index contributed by atoms with van der Waals surface area (Å²) in [7, 11) is 0. The summed E-state index contributed by atoms with van der Waals surface area (Å²) in [5.74, 6) is 0.0539. The third-order valence-electron chi connectivity index (χ3n) is 6.70. The number of hydrogen-bond donors (Lipinski definition) is 0. The fourth-order valence-corrected chi connectivity index (χ4v) is 4.43. The maximum absolute atomic E-state index is 13.4. The first kappa shape index (κ1) is 26.9. The highest BCUT2D eigenvalue weighted by Crippen LogP contribution is 2.29. The van der Waals surface area contributed by atoms with E-state index in [4.69, 9.17) is 0 Å². The zero-order valence-corrected chi connectivity index (χ0v) is 22.8. The fourth-order valence-electron chi connectivity index (χ4n) is 4.43. The summed E-state index contributed by atoms with van der Waals surface area (Å²) in [5, 5.41) is 0. The van der Waals surface area contributed by atoms with E-state index < -0.39 is 0 Å². The van der Waals surface area contributed by atoms with E-state index in [1.807, 2.05) is 125 Å². The Morgan fingerprint density at radius 1 is 0.421 bits per heavy atom. The maximum Gasteiger partial charge on any atom is 0.231 e. The maximum atomic E-state index is 13.4. The monoisotopic (exact) mass is 504 g/mol. The minimum atomic E-state index is 0.0269. The molecule has 0 saturated heterocycles. The predicted octanol–water partition coefficient (Wildman–Crippen LogP) is 8.51. The second kappa shape index (κ2) is 12.4. The summed E-state index contributed by atoms with van der Waals surface area (Å²) in [6.07, 6.45) is 2.00. The second-order valence-corrected chi connectivity index (χ2v) is 10.0. The van der Waals surface area contributed by atoms with Crippen LogP contribution in [-0.2, 0) is 9.59 Å². The van der Waals surface area contributed by atoms with E-state index in [1.165, 1.54) is 0 Å². The van der Waals surface area contributed by atoms with Crippen molar-refractivity contribution in [1.29, 1.82) is 0 Å². The van der Waals surface area contributed by atoms with E-state index in [1.54, 1.807) is 9.80 Å². The zero-order valence-electron chi connectivity index (χ0n) is 22.8. The minimum absolute atomic E-state index is 0.0269. The van der Waals surface area contributed by atoms with Crippen molar-refractivity contribution in [2.75, 3.05) is 9.80 Å². The van der Waals surface area contributed by atoms with Crippen molar-refractivity contribution in [3.8, 4) is 0 Å². The Labute approximate surface area is 226 Å². The molecule has 4 nitrogen and oxygen atoms in total. The minimum Gasteiger partial charge on any atom is -0.281 e. The normalized spacial score (nSPS) is 10.7. The molecule has 0 bridgehead atoms. The number of hydrogen-bond acceptors (Lipinski definition) is 2. The van der Waals surface area contributed by atoms with Gasteiger partial charge in [0, 0.05) is 35.6 Å². The Balaban J connectivity index is 1.44. The van der Waals surface area contributed by atoms with Crippen molar-refractivity contribution < 1.29 is 9.59 Å². The van der Waals surface area contributed by atoms with Gasteiger partial charge in [-0.1, -0.05) is 70.8 Å². The lowest BCUT2D eigenvalue weighted by Crippen LogP contribution is -2.27. The Bertz CT molecular complexity index is 1160. The molecule has 4 heteroatoms. The lowest BCUT2D eigenvalue weighted by Gasteiger charge is -2.24. The van der Waals surface area contributed by atoms with Gasteiger partial charge in [-0.2, -0.15) is 0 Å². The molecule has 0 aliphatic heterocycles. The van der Waals surface area contributed by atoms with Crippen molar-refractivity contribution in [2.45, 2.75) is 53.4 Å². The molecule has 0 aromatic heterocycles. The SMILES string of the molecule is Cc1ccc(N(C(=O)CCCCC(=O)N(c2ccc(C)cc2)c2ccc(C)cc2)c2ccc(C)cc2)cc1. The summed E-state index contributed by atoms with van der Waals surface area (Å²) < 4.78 is 0. The third kappa shape index (κ3) is 6.77. The molecule has 4 aromatic carbocycles. The van der Waals surface area contributed by atoms with E-state index in [9.17, 15) is 9.59 Å². The summed E-state index contributed by atoms with van der Waals surface area (Å²) >= 11 is 0. The lowest BCUT2D eigenvalue weighted by atomic mass is 10.1. The molecule has 194 valence electrons. The van der Waals surface area contributed by atoms with Crippen molar-refractivity contribution >= 4 is 34.6 Å². The van der Waals surface area contributed by atoms with Gasteiger partial charge in [0.2, 0.25) is 11.8 Å². The molecule has 0 unspecified atom stereocenters. The first-order valence-corrected chi connectivity index (χ1v) is 13.2. The van der Waals surface area contributed by atoms with Crippen LogP contribution in [0.2, 0.25) is 0 Å². The first-order valence-electron chi connectivity index (χ1n) is 13.2. The van der Waals surface area contributed by atoms with E-state index >= 15 is 0 Å². The standard InChI is InChI=1S/C34H36N2O2/c1-25-9-17-29(18-10-25)35(30-19-11-26(2)12-20-30)33(37)7-5-6-8-34(38)36(31-21-13-27(3)14-22-31)32-23-15-28(4)16-24-32/h9-24H,5-8H2,1-4H3. The molecule has 0 fully saturated rings. The van der Waals surface area contributed by atoms with Crippen LogP contribution in [0.1, 0.15) is 47.9 Å². The highest BCUT2D eigenvalue weighted by atomic mass is 16.2. The highest BCUT2D eigenvalue weighted by molar-refractivity contribution is 6.01. The average molecular weight is 505 g/mol. The summed E-state index contributed by atoms with van der Waals surface area (Å²) in [6.45, 7) is 8.15. The van der Waals surface area contributed by atoms with Gasteiger partial charge in [0.15, 0.2) is 0 Å². The van der Waals surface area contributed by atoms with Gasteiger partial charge in [-0.15, -0.1) is 0 Å². The lowest BCUT2D eigenvalue weighted by molar-refractivity contribution is -0.119. The fraction of sp³-hybridized carbons (Fsp3) is 0.235. The van der Waals surface area contributed by atoms with Crippen LogP contribution < -0.4 is 9.80 Å². The number of nitrogens with zero attached hydrogens (tertiary/aromatic N) is 2. The molecule has 0 aliphatic rings. The van der Waals surface area contributed by atoms with Crippen LogP contribution >= 0.6 is 0 Å². The van der Waals surface area contributed by atoms with E-state index in [0.29, 0.717) is 25.7 Å². The van der Waals surface area contributed by atoms with Crippen LogP contribution in [0.4, 0.5) is 22.7 Å². The van der Waals surface area contributed by atoms with Crippen LogP contribution in [0, 0.1) is 27.7 Å². The number of aryl methyl sites for hydroxylation is 4. The zero-order chi connectivity index (χ0) is 27.1. The van der Waals surface area contributed by atoms with Crippen LogP contribution in [-0.4, -0.2) is 11.8 Å². The number of carbonyl (C=O) groups excluding carboxylic acids is 2. The number of benzene rings is 4. The van der Waals surface area contributed by atoms with Crippen LogP contribution in [0.5, 0.6) is 0 Å². The molecule has 0 spiro atoms. The van der Waals surface area contributed by atoms with Crippen LogP contribution in [0.25, 0.3) is 0 Å². The number of unbranched alkanes of at least 4 members (excludes halogenated alkanes) is 1. The van der Waals surface area contributed by atoms with E-state index in [2.05, 4.69) is 0 Å². The van der Waals surface area contributed by atoms with Gasteiger partial charge in [-0.05, 0) is 89.1 Å². The number of rotatable bonds is 9. The van der Waals surface area contributed by atoms with Crippen LogP contribution in [0.3, 0.4) is 0 Å². The Morgan fingerprint density at radius 3 is 0.842 bits per heavy atom. The van der Waals surface area contributed by atoms with Gasteiger partial charge in [0.1, 0.15) is 0 Å². The van der Waals surface area contributed by atoms with Gasteiger partial charge >= 0.3 is 0 Å². The average Bonchev–Trinajstić information content (AvgIpc) is 2.91. The summed E-state index contributed by atoms with van der Waals surface area (Å²) in [6, 6.07) is 32.0. The first-order chi connectivity index (χ1) is 18.3. The Kier molecular flexibility index (Phi) is 8.75. The number of amides is 2. The number of anilines is 4. The van der Waals surface area contributed by atoms with Gasteiger partial charge < -0.3 is 0 Å². The molecule has 38 heavy (non-hydrogen) atoms. The molecule has 0 atom stereocenters. The Morgan fingerprint density at radius 2 is 0.632 bits per heavy atom. The molecule has 0 radical (unpaired) electrons. The predicted molar refractivity (Wildman–Crippen MR) is 157 cm³/mol. The molecule has 4 aromatic rings. The van der Waals surface area contributed by atoms with Gasteiger partial charge in [0.05, 0.1) is 0 Å². The van der Waals surface area contributed by atoms with Crippen LogP contribution in [0.15, 0.2) is 97.1 Å². The van der Waals surface area contributed by atoms with Crippen molar-refractivity contribution in [3.63, 3.8) is 0 Å².